The summed E-state index contributed by atoms with van der Waals surface area (Å²) >= 11 is 0. The molecule has 3 heterocycles. The molecule has 0 spiro atoms. The number of nitrogens with one attached hydrogen (secondary N) is 2. The van der Waals surface area contributed by atoms with Crippen molar-refractivity contribution in [2.24, 2.45) is 0 Å². The third-order valence-electron chi connectivity index (χ3n) is 5.25. The van der Waals surface area contributed by atoms with Crippen molar-refractivity contribution >= 4 is 22.7 Å². The Bertz CT molecular complexity index is 1480. The molecule has 8 heteroatoms. The van der Waals surface area contributed by atoms with E-state index in [4.69, 9.17) is 9.15 Å². The zero-order valence-electron chi connectivity index (χ0n) is 18.5. The average molecular weight is 464 g/mol. The van der Waals surface area contributed by atoms with Crippen molar-refractivity contribution in [1.29, 1.82) is 0 Å². The fraction of sp³-hybridized carbons (Fsp3) is 0.0370. The molecule has 0 radical (unpaired) electrons. The fourth-order valence-electron chi connectivity index (χ4n) is 3.54. The first-order valence-electron chi connectivity index (χ1n) is 10.8. The third kappa shape index (κ3) is 5.01. The lowest BCUT2D eigenvalue weighted by Gasteiger charge is -2.11. The van der Waals surface area contributed by atoms with Crippen molar-refractivity contribution in [1.82, 2.24) is 20.8 Å². The quantitative estimate of drug-likeness (QED) is 0.357. The van der Waals surface area contributed by atoms with Gasteiger partial charge in [0.2, 0.25) is 0 Å². The van der Waals surface area contributed by atoms with Gasteiger partial charge in [-0.15, -0.1) is 0 Å². The molecule has 0 aliphatic rings. The molecule has 0 saturated carbocycles. The van der Waals surface area contributed by atoms with E-state index >= 15 is 0 Å². The van der Waals surface area contributed by atoms with Crippen molar-refractivity contribution in [3.8, 4) is 17.2 Å². The van der Waals surface area contributed by atoms with E-state index < -0.39 is 11.8 Å². The maximum Gasteiger partial charge on any atom is 0.270 e. The fourth-order valence-corrected chi connectivity index (χ4v) is 3.54. The minimum absolute atomic E-state index is 0.322. The number of hydrazine groups is 1. The summed E-state index contributed by atoms with van der Waals surface area (Å²) in [5.74, 6) is 0.108. The van der Waals surface area contributed by atoms with Crippen LogP contribution in [0.4, 0.5) is 0 Å². The first-order chi connectivity index (χ1) is 17.2. The van der Waals surface area contributed by atoms with Crippen LogP contribution in [0.1, 0.15) is 26.3 Å². The Hall–Kier alpha value is -4.98. The molecule has 172 valence electrons. The van der Waals surface area contributed by atoms with Crippen LogP contribution in [0.25, 0.3) is 22.4 Å². The number of ether oxygens (including phenoxy) is 1. The van der Waals surface area contributed by atoms with Crippen LogP contribution in [0.2, 0.25) is 0 Å². The molecule has 2 aromatic carbocycles. The number of fused-ring (bicyclic) bond motifs is 1. The van der Waals surface area contributed by atoms with Crippen LogP contribution >= 0.6 is 0 Å². The molecule has 5 rings (SSSR count). The van der Waals surface area contributed by atoms with Gasteiger partial charge in [-0.2, -0.15) is 0 Å². The van der Waals surface area contributed by atoms with Gasteiger partial charge in [-0.3, -0.25) is 25.4 Å². The summed E-state index contributed by atoms with van der Waals surface area (Å²) in [4.78, 5) is 34.4. The van der Waals surface area contributed by atoms with Crippen molar-refractivity contribution in [2.75, 3.05) is 0 Å². The predicted octanol–water partition coefficient (Wildman–Crippen LogP) is 4.54. The average Bonchev–Trinajstić information content (AvgIpc) is 3.46. The van der Waals surface area contributed by atoms with Gasteiger partial charge < -0.3 is 9.15 Å². The number of rotatable bonds is 6. The lowest BCUT2D eigenvalue weighted by Crippen LogP contribution is -2.41. The van der Waals surface area contributed by atoms with E-state index in [1.165, 1.54) is 0 Å². The number of nitrogens with zero attached hydrogens (tertiary/aromatic N) is 2. The van der Waals surface area contributed by atoms with Gasteiger partial charge in [-0.1, -0.05) is 30.3 Å². The molecule has 8 nitrogen and oxygen atoms in total. The van der Waals surface area contributed by atoms with Gasteiger partial charge in [0.25, 0.3) is 11.8 Å². The number of benzene rings is 2. The topological polar surface area (TPSA) is 106 Å². The highest BCUT2D eigenvalue weighted by molar-refractivity contribution is 6.08. The van der Waals surface area contributed by atoms with E-state index in [0.717, 1.165) is 5.56 Å². The summed E-state index contributed by atoms with van der Waals surface area (Å²) in [7, 11) is 0. The van der Waals surface area contributed by atoms with Gasteiger partial charge >= 0.3 is 0 Å². The van der Waals surface area contributed by atoms with Gasteiger partial charge in [-0.05, 0) is 48.5 Å². The number of furan rings is 1. The molecule has 0 atom stereocenters. The standard InChI is InChI=1S/C27H20N4O4/c32-26(19-7-3-8-20(14-19)35-17-18-6-4-12-28-16-18)30-31-27(33)22-15-24(25-11-5-13-34-25)29-23-10-2-1-9-21(22)23/h1-16H,17H2,(H,30,32)(H,31,33). The van der Waals surface area contributed by atoms with E-state index in [1.54, 1.807) is 67.2 Å². The molecule has 0 aliphatic carbocycles. The van der Waals surface area contributed by atoms with Gasteiger partial charge in [-0.25, -0.2) is 4.98 Å². The van der Waals surface area contributed by atoms with E-state index in [1.807, 2.05) is 30.3 Å². The number of hydrogen-bond donors (Lipinski definition) is 2. The number of carbonyl (C=O) groups excluding carboxylic acids is 2. The number of hydrogen-bond acceptors (Lipinski definition) is 6. The van der Waals surface area contributed by atoms with Crippen LogP contribution in [-0.2, 0) is 6.61 Å². The van der Waals surface area contributed by atoms with Crippen LogP contribution in [0, 0.1) is 0 Å². The maximum atomic E-state index is 13.0. The Labute approximate surface area is 200 Å². The molecule has 0 saturated heterocycles. The predicted molar refractivity (Wildman–Crippen MR) is 129 cm³/mol. The molecule has 2 amide bonds. The Morgan fingerprint density at radius 2 is 1.77 bits per heavy atom. The first kappa shape index (κ1) is 21.8. The number of carbonyl (C=O) groups is 2. The minimum atomic E-state index is -0.478. The summed E-state index contributed by atoms with van der Waals surface area (Å²) in [6, 6.07) is 22.9. The molecular weight excluding hydrogens is 444 g/mol. The smallest absolute Gasteiger partial charge is 0.270 e. The van der Waals surface area contributed by atoms with Crippen molar-refractivity contribution in [2.45, 2.75) is 6.61 Å². The zero-order valence-corrected chi connectivity index (χ0v) is 18.5. The van der Waals surface area contributed by atoms with Crippen molar-refractivity contribution < 1.29 is 18.7 Å². The minimum Gasteiger partial charge on any atom is -0.489 e. The summed E-state index contributed by atoms with van der Waals surface area (Å²) in [6.45, 7) is 0.322. The molecule has 0 unspecified atom stereocenters. The molecular formula is C27H20N4O4. The number of amides is 2. The third-order valence-corrected chi connectivity index (χ3v) is 5.25. The summed E-state index contributed by atoms with van der Waals surface area (Å²) in [5, 5.41) is 0.653. The van der Waals surface area contributed by atoms with Gasteiger partial charge in [0.1, 0.15) is 18.1 Å². The lowest BCUT2D eigenvalue weighted by atomic mass is 10.1. The van der Waals surface area contributed by atoms with E-state index in [0.29, 0.717) is 45.8 Å². The van der Waals surface area contributed by atoms with Crippen molar-refractivity contribution in [3.05, 3.63) is 114 Å². The SMILES string of the molecule is O=C(NNC(=O)c1cc(-c2ccco2)nc2ccccc12)c1cccc(OCc2cccnc2)c1. The Balaban J connectivity index is 1.29. The van der Waals surface area contributed by atoms with Crippen LogP contribution in [0.5, 0.6) is 5.75 Å². The van der Waals surface area contributed by atoms with Crippen LogP contribution in [-0.4, -0.2) is 21.8 Å². The molecule has 2 N–H and O–H groups in total. The summed E-state index contributed by atoms with van der Waals surface area (Å²) in [6.07, 6.45) is 4.95. The summed E-state index contributed by atoms with van der Waals surface area (Å²) in [5.41, 5.74) is 7.72. The lowest BCUT2D eigenvalue weighted by molar-refractivity contribution is 0.0847. The molecule has 0 fully saturated rings. The maximum absolute atomic E-state index is 13.0. The second-order valence-corrected chi connectivity index (χ2v) is 7.64. The van der Waals surface area contributed by atoms with Crippen LogP contribution in [0.15, 0.2) is 102 Å². The van der Waals surface area contributed by atoms with Crippen LogP contribution < -0.4 is 15.6 Å². The van der Waals surface area contributed by atoms with Crippen LogP contribution in [0.3, 0.4) is 0 Å². The van der Waals surface area contributed by atoms with E-state index in [2.05, 4.69) is 20.8 Å². The zero-order chi connectivity index (χ0) is 24.0. The number of aromatic nitrogens is 2. The Morgan fingerprint density at radius 1 is 0.886 bits per heavy atom. The van der Waals surface area contributed by atoms with E-state index in [-0.39, 0.29) is 0 Å². The van der Waals surface area contributed by atoms with Gasteiger partial charge in [0.15, 0.2) is 5.76 Å². The highest BCUT2D eigenvalue weighted by atomic mass is 16.5. The second-order valence-electron chi connectivity index (χ2n) is 7.64. The molecule has 3 aromatic heterocycles. The highest BCUT2D eigenvalue weighted by Gasteiger charge is 2.16. The molecule has 0 aliphatic heterocycles. The molecule has 5 aromatic rings. The Kier molecular flexibility index (Phi) is 6.17. The normalized spacial score (nSPS) is 10.6. The monoisotopic (exact) mass is 464 g/mol. The highest BCUT2D eigenvalue weighted by Crippen LogP contribution is 2.25. The second kappa shape index (κ2) is 9.88. The summed E-state index contributed by atoms with van der Waals surface area (Å²) < 4.78 is 11.2. The largest absolute Gasteiger partial charge is 0.489 e. The van der Waals surface area contributed by atoms with Gasteiger partial charge in [0, 0.05) is 28.9 Å². The first-order valence-corrected chi connectivity index (χ1v) is 10.8. The molecule has 35 heavy (non-hydrogen) atoms. The van der Waals surface area contributed by atoms with Crippen molar-refractivity contribution in [3.63, 3.8) is 0 Å². The van der Waals surface area contributed by atoms with Gasteiger partial charge in [0.05, 0.1) is 17.3 Å². The number of pyridine rings is 2. The number of para-hydroxylation sites is 1. The van der Waals surface area contributed by atoms with E-state index in [9.17, 15) is 9.59 Å². The molecule has 0 bridgehead atoms. The Morgan fingerprint density at radius 3 is 2.60 bits per heavy atom.